The summed E-state index contributed by atoms with van der Waals surface area (Å²) in [6, 6.07) is 14.8. The summed E-state index contributed by atoms with van der Waals surface area (Å²) < 4.78 is 5.45. The number of ether oxygens (including phenoxy) is 1. The van der Waals surface area contributed by atoms with E-state index in [1.807, 2.05) is 57.2 Å². The molecule has 0 spiro atoms. The van der Waals surface area contributed by atoms with Gasteiger partial charge in [0.2, 0.25) is 11.8 Å². The Labute approximate surface area is 188 Å². The smallest absolute Gasteiger partial charge is 0.327 e. The highest BCUT2D eigenvalue weighted by Gasteiger charge is 2.68. The molecule has 4 unspecified atom stereocenters. The summed E-state index contributed by atoms with van der Waals surface area (Å²) in [6.45, 7) is 7.88. The minimum Gasteiger partial charge on any atom is -0.465 e. The third kappa shape index (κ3) is 3.43. The molecule has 6 nitrogen and oxygen atoms in total. The van der Waals surface area contributed by atoms with Crippen LogP contribution in [0.15, 0.2) is 48.5 Å². The first-order chi connectivity index (χ1) is 15.3. The molecular weight excluding hydrogens is 404 g/mol. The Bertz CT molecular complexity index is 1030. The molecule has 2 amide bonds. The minimum absolute atomic E-state index is 0.211. The monoisotopic (exact) mass is 434 g/mol. The van der Waals surface area contributed by atoms with Gasteiger partial charge in [-0.2, -0.15) is 0 Å². The van der Waals surface area contributed by atoms with Crippen molar-refractivity contribution in [2.45, 2.75) is 52.1 Å². The van der Waals surface area contributed by atoms with Crippen LogP contribution >= 0.6 is 0 Å². The Balaban J connectivity index is 1.85. The third-order valence-corrected chi connectivity index (χ3v) is 6.67. The SMILES string of the molecule is CCCC1(C(=O)OCC)NC(c2ccc(C)cc2)C2C(=O)N(c3ccc(C)cc3)C(=O)C21. The van der Waals surface area contributed by atoms with E-state index >= 15 is 0 Å². The molecule has 2 aliphatic rings. The molecule has 2 aromatic carbocycles. The van der Waals surface area contributed by atoms with E-state index in [9.17, 15) is 14.4 Å². The maximum atomic E-state index is 13.8. The number of imide groups is 1. The fourth-order valence-electron chi connectivity index (χ4n) is 5.18. The molecule has 0 aromatic heterocycles. The van der Waals surface area contributed by atoms with Gasteiger partial charge in [-0.05, 0) is 44.9 Å². The summed E-state index contributed by atoms with van der Waals surface area (Å²) in [5.74, 6) is -2.57. The first-order valence-electron chi connectivity index (χ1n) is 11.3. The standard InChI is InChI=1S/C26H30N2O4/c1-5-15-26(25(31)32-6-2)21-20(22(27-26)18-11-7-16(3)8-12-18)23(29)28(24(21)30)19-13-9-17(4)10-14-19/h7-14,20-22,27H,5-6,15H2,1-4H3. The van der Waals surface area contributed by atoms with Crippen LogP contribution in [0.3, 0.4) is 0 Å². The van der Waals surface area contributed by atoms with Crippen molar-refractivity contribution in [1.29, 1.82) is 0 Å². The number of esters is 1. The van der Waals surface area contributed by atoms with Gasteiger partial charge in [0.25, 0.3) is 0 Å². The average molecular weight is 435 g/mol. The number of nitrogens with zero attached hydrogens (tertiary/aromatic N) is 1. The van der Waals surface area contributed by atoms with Gasteiger partial charge in [-0.15, -0.1) is 0 Å². The first-order valence-corrected chi connectivity index (χ1v) is 11.3. The van der Waals surface area contributed by atoms with E-state index in [2.05, 4.69) is 5.32 Å². The maximum Gasteiger partial charge on any atom is 0.327 e. The maximum absolute atomic E-state index is 13.8. The van der Waals surface area contributed by atoms with Crippen molar-refractivity contribution in [2.75, 3.05) is 11.5 Å². The van der Waals surface area contributed by atoms with Crippen molar-refractivity contribution in [3.63, 3.8) is 0 Å². The van der Waals surface area contributed by atoms with E-state index in [4.69, 9.17) is 4.74 Å². The number of carbonyl (C=O) groups is 3. The summed E-state index contributed by atoms with van der Waals surface area (Å²) >= 11 is 0. The van der Waals surface area contributed by atoms with Crippen LogP contribution in [0.1, 0.15) is 49.4 Å². The van der Waals surface area contributed by atoms with Gasteiger partial charge in [0.05, 0.1) is 24.1 Å². The van der Waals surface area contributed by atoms with Crippen LogP contribution in [0.4, 0.5) is 5.69 Å². The minimum atomic E-state index is -1.24. The Morgan fingerprint density at radius 1 is 0.969 bits per heavy atom. The van der Waals surface area contributed by atoms with Gasteiger partial charge in [0, 0.05) is 6.04 Å². The lowest BCUT2D eigenvalue weighted by atomic mass is 9.77. The molecule has 32 heavy (non-hydrogen) atoms. The molecule has 2 aliphatic heterocycles. The molecule has 2 fully saturated rings. The predicted molar refractivity (Wildman–Crippen MR) is 122 cm³/mol. The second kappa shape index (κ2) is 8.51. The number of hydrogen-bond acceptors (Lipinski definition) is 5. The van der Waals surface area contributed by atoms with Gasteiger partial charge in [-0.3, -0.25) is 19.7 Å². The van der Waals surface area contributed by atoms with E-state index in [-0.39, 0.29) is 18.4 Å². The van der Waals surface area contributed by atoms with Crippen LogP contribution in [-0.2, 0) is 19.1 Å². The number of amides is 2. The zero-order valence-electron chi connectivity index (χ0n) is 19.1. The topological polar surface area (TPSA) is 75.7 Å². The zero-order chi connectivity index (χ0) is 23.0. The van der Waals surface area contributed by atoms with Gasteiger partial charge < -0.3 is 4.74 Å². The highest BCUT2D eigenvalue weighted by Crippen LogP contribution is 2.51. The summed E-state index contributed by atoms with van der Waals surface area (Å²) in [5, 5.41) is 3.43. The van der Waals surface area contributed by atoms with Gasteiger partial charge in [-0.25, -0.2) is 4.90 Å². The molecule has 2 heterocycles. The Kier molecular flexibility index (Phi) is 5.91. The molecule has 0 aliphatic carbocycles. The first kappa shape index (κ1) is 22.2. The molecule has 1 N–H and O–H groups in total. The fourth-order valence-corrected chi connectivity index (χ4v) is 5.18. The molecule has 0 radical (unpaired) electrons. The Morgan fingerprint density at radius 2 is 1.56 bits per heavy atom. The summed E-state index contributed by atoms with van der Waals surface area (Å²) in [7, 11) is 0. The zero-order valence-corrected chi connectivity index (χ0v) is 19.1. The highest BCUT2D eigenvalue weighted by molar-refractivity contribution is 6.24. The average Bonchev–Trinajstić information content (AvgIpc) is 3.25. The lowest BCUT2D eigenvalue weighted by Crippen LogP contribution is -2.56. The number of anilines is 1. The predicted octanol–water partition coefficient (Wildman–Crippen LogP) is 3.86. The van der Waals surface area contributed by atoms with Gasteiger partial charge in [0.15, 0.2) is 0 Å². The number of aryl methyl sites for hydroxylation is 2. The van der Waals surface area contributed by atoms with Crippen molar-refractivity contribution in [3.8, 4) is 0 Å². The van der Waals surface area contributed by atoms with Crippen LogP contribution < -0.4 is 10.2 Å². The quantitative estimate of drug-likeness (QED) is 0.552. The van der Waals surface area contributed by atoms with Gasteiger partial charge in [0.1, 0.15) is 5.54 Å². The van der Waals surface area contributed by atoms with E-state index in [1.165, 1.54) is 4.90 Å². The molecule has 0 saturated carbocycles. The molecule has 4 atom stereocenters. The number of rotatable bonds is 6. The molecule has 6 heteroatoms. The molecule has 168 valence electrons. The number of nitrogens with one attached hydrogen (secondary N) is 1. The largest absolute Gasteiger partial charge is 0.465 e. The lowest BCUT2D eigenvalue weighted by molar-refractivity contribution is -0.155. The van der Waals surface area contributed by atoms with Crippen LogP contribution in [0.5, 0.6) is 0 Å². The Morgan fingerprint density at radius 3 is 2.12 bits per heavy atom. The number of benzene rings is 2. The highest BCUT2D eigenvalue weighted by atomic mass is 16.5. The Hall–Kier alpha value is -2.99. The van der Waals surface area contributed by atoms with Gasteiger partial charge in [-0.1, -0.05) is 60.9 Å². The van der Waals surface area contributed by atoms with Crippen LogP contribution in [-0.4, -0.2) is 29.9 Å². The van der Waals surface area contributed by atoms with Gasteiger partial charge >= 0.3 is 5.97 Å². The van der Waals surface area contributed by atoms with E-state index < -0.39 is 29.4 Å². The molecule has 2 aromatic rings. The number of carbonyl (C=O) groups excluding carboxylic acids is 3. The lowest BCUT2D eigenvalue weighted by Gasteiger charge is -2.32. The van der Waals surface area contributed by atoms with E-state index in [1.54, 1.807) is 19.1 Å². The number of fused-ring (bicyclic) bond motifs is 1. The van der Waals surface area contributed by atoms with E-state index in [0.29, 0.717) is 18.5 Å². The second-order valence-electron chi connectivity index (χ2n) is 8.83. The van der Waals surface area contributed by atoms with Crippen molar-refractivity contribution < 1.29 is 19.1 Å². The van der Waals surface area contributed by atoms with Crippen LogP contribution in [0.25, 0.3) is 0 Å². The van der Waals surface area contributed by atoms with Crippen molar-refractivity contribution in [1.82, 2.24) is 5.32 Å². The fraction of sp³-hybridized carbons (Fsp3) is 0.423. The molecule has 0 bridgehead atoms. The molecule has 2 saturated heterocycles. The van der Waals surface area contributed by atoms with Crippen LogP contribution in [0.2, 0.25) is 0 Å². The number of hydrogen-bond donors (Lipinski definition) is 1. The molecular formula is C26H30N2O4. The van der Waals surface area contributed by atoms with Crippen molar-refractivity contribution >= 4 is 23.5 Å². The van der Waals surface area contributed by atoms with Crippen molar-refractivity contribution in [2.24, 2.45) is 11.8 Å². The molecule has 4 rings (SSSR count). The summed E-state index contributed by atoms with van der Waals surface area (Å²) in [6.07, 6.45) is 1.08. The second-order valence-corrected chi connectivity index (χ2v) is 8.83. The normalized spacial score (nSPS) is 27.0. The van der Waals surface area contributed by atoms with Crippen molar-refractivity contribution in [3.05, 3.63) is 65.2 Å². The summed E-state index contributed by atoms with van der Waals surface area (Å²) in [4.78, 5) is 42.1. The van der Waals surface area contributed by atoms with E-state index in [0.717, 1.165) is 16.7 Å². The van der Waals surface area contributed by atoms with Crippen LogP contribution in [0, 0.1) is 25.7 Å². The third-order valence-electron chi connectivity index (χ3n) is 6.67. The summed E-state index contributed by atoms with van der Waals surface area (Å²) in [5.41, 5.74) is 2.33.